The van der Waals surface area contributed by atoms with Gasteiger partial charge in [0.25, 0.3) is 0 Å². The van der Waals surface area contributed by atoms with Crippen LogP contribution < -0.4 is 5.32 Å². The van der Waals surface area contributed by atoms with E-state index in [1.807, 2.05) is 0 Å². The van der Waals surface area contributed by atoms with Crippen LogP contribution in [-0.4, -0.2) is 6.04 Å². The van der Waals surface area contributed by atoms with E-state index in [4.69, 9.17) is 0 Å². The van der Waals surface area contributed by atoms with E-state index in [2.05, 4.69) is 142 Å². The molecule has 6 aromatic carbocycles. The maximum atomic E-state index is 4.15. The second-order valence-corrected chi connectivity index (χ2v) is 11.3. The van der Waals surface area contributed by atoms with Crippen molar-refractivity contribution in [3.8, 4) is 11.1 Å². The lowest BCUT2D eigenvalue weighted by Gasteiger charge is -2.28. The second-order valence-electron chi connectivity index (χ2n) is 11.3. The van der Waals surface area contributed by atoms with Crippen LogP contribution >= 0.6 is 0 Å². The number of hydrogen-bond acceptors (Lipinski definition) is 1. The Labute approximate surface area is 242 Å². The Kier molecular flexibility index (Phi) is 6.24. The summed E-state index contributed by atoms with van der Waals surface area (Å²) in [5, 5.41) is 11.8. The molecular weight excluding hydrogens is 494 g/mol. The molecule has 1 aliphatic rings. The van der Waals surface area contributed by atoms with Crippen LogP contribution in [0.5, 0.6) is 0 Å². The summed E-state index contributed by atoms with van der Waals surface area (Å²) in [5.41, 5.74) is 11.3. The predicted octanol–water partition coefficient (Wildman–Crippen LogP) is 11.2. The summed E-state index contributed by atoms with van der Waals surface area (Å²) in [5.74, 6) is 0. The van der Waals surface area contributed by atoms with Crippen LogP contribution in [0.2, 0.25) is 0 Å². The van der Waals surface area contributed by atoms with Gasteiger partial charge < -0.3 is 5.32 Å². The average molecular weight is 530 g/mol. The second kappa shape index (κ2) is 10.1. The van der Waals surface area contributed by atoms with Gasteiger partial charge in [-0.25, -0.2) is 0 Å². The number of benzene rings is 6. The monoisotopic (exact) mass is 529 g/mol. The van der Waals surface area contributed by atoms with Gasteiger partial charge in [0.05, 0.1) is 0 Å². The van der Waals surface area contributed by atoms with E-state index in [0.29, 0.717) is 6.04 Å². The van der Waals surface area contributed by atoms with Crippen molar-refractivity contribution >= 4 is 49.7 Å². The number of anilines is 1. The van der Waals surface area contributed by atoms with Crippen molar-refractivity contribution in [3.63, 3.8) is 0 Å². The van der Waals surface area contributed by atoms with Gasteiger partial charge in [0.15, 0.2) is 0 Å². The van der Waals surface area contributed by atoms with Crippen molar-refractivity contribution < 1.29 is 0 Å². The lowest BCUT2D eigenvalue weighted by atomic mass is 9.85. The maximum Gasteiger partial charge on any atom is 0.0460 e. The highest BCUT2D eigenvalue weighted by atomic mass is 14.9. The van der Waals surface area contributed by atoms with Crippen LogP contribution in [0.3, 0.4) is 0 Å². The Morgan fingerprint density at radius 1 is 0.780 bits per heavy atom. The van der Waals surface area contributed by atoms with E-state index >= 15 is 0 Å². The van der Waals surface area contributed by atoms with Crippen LogP contribution in [0.1, 0.15) is 48.9 Å². The van der Waals surface area contributed by atoms with Crippen molar-refractivity contribution in [2.75, 3.05) is 5.32 Å². The van der Waals surface area contributed by atoms with Crippen molar-refractivity contribution in [1.29, 1.82) is 0 Å². The molecule has 1 aliphatic heterocycles. The molecule has 1 heteroatoms. The van der Waals surface area contributed by atoms with Crippen LogP contribution in [0.4, 0.5) is 5.69 Å². The third-order valence-electron chi connectivity index (χ3n) is 8.90. The molecule has 6 aromatic rings. The van der Waals surface area contributed by atoms with E-state index in [-0.39, 0.29) is 0 Å². The van der Waals surface area contributed by atoms with Crippen LogP contribution in [0, 0.1) is 6.92 Å². The molecule has 0 saturated carbocycles. The fourth-order valence-electron chi connectivity index (χ4n) is 6.48. The quantitative estimate of drug-likeness (QED) is 0.167. The van der Waals surface area contributed by atoms with Gasteiger partial charge in [-0.1, -0.05) is 129 Å². The highest BCUT2D eigenvalue weighted by Crippen LogP contribution is 2.42. The zero-order valence-electron chi connectivity index (χ0n) is 24.1. The molecule has 41 heavy (non-hydrogen) atoms. The lowest BCUT2D eigenvalue weighted by molar-refractivity contribution is 0.826. The van der Waals surface area contributed by atoms with Crippen LogP contribution in [0.25, 0.3) is 55.1 Å². The molecule has 0 aromatic heterocycles. The molecule has 0 radical (unpaired) electrons. The summed E-state index contributed by atoms with van der Waals surface area (Å²) in [6.07, 6.45) is 8.76. The van der Waals surface area contributed by atoms with Gasteiger partial charge in [0.2, 0.25) is 0 Å². The molecule has 0 aliphatic carbocycles. The molecule has 0 saturated heterocycles. The van der Waals surface area contributed by atoms with Crippen molar-refractivity contribution in [3.05, 3.63) is 138 Å². The van der Waals surface area contributed by atoms with Gasteiger partial charge in [0.1, 0.15) is 0 Å². The highest BCUT2D eigenvalue weighted by Gasteiger charge is 2.22. The molecule has 7 rings (SSSR count). The van der Waals surface area contributed by atoms with Gasteiger partial charge in [-0.05, 0) is 91.5 Å². The molecule has 1 nitrogen and oxygen atoms in total. The zero-order chi connectivity index (χ0) is 28.1. The molecule has 1 N–H and O–H groups in total. The van der Waals surface area contributed by atoms with Crippen LogP contribution in [0.15, 0.2) is 115 Å². The number of nitrogens with one attached hydrogen (secondary N) is 1. The first-order chi connectivity index (χ1) is 20.1. The summed E-state index contributed by atoms with van der Waals surface area (Å²) in [6, 6.07) is 34.2. The van der Waals surface area contributed by atoms with Gasteiger partial charge in [0, 0.05) is 17.3 Å². The molecule has 0 fully saturated rings. The fourth-order valence-corrected chi connectivity index (χ4v) is 6.48. The number of fused-ring (bicyclic) bond motifs is 1. The third-order valence-corrected chi connectivity index (χ3v) is 8.90. The normalized spacial score (nSPS) is 15.0. The van der Waals surface area contributed by atoms with E-state index in [1.54, 1.807) is 0 Å². The zero-order valence-corrected chi connectivity index (χ0v) is 24.1. The Balaban J connectivity index is 1.36. The Bertz CT molecular complexity index is 2000. The minimum atomic E-state index is 0.291. The SMILES string of the molecule is C=C(/C=C\c1ccc2c(c1C)NC(CC)C=C2c1cccc(-c2ccc3ccc4cccc5ccc2c3c45)c1)CC. The van der Waals surface area contributed by atoms with E-state index in [0.717, 1.165) is 18.4 Å². The molecular formula is C40H35N. The van der Waals surface area contributed by atoms with Gasteiger partial charge in [-0.15, -0.1) is 0 Å². The third kappa shape index (κ3) is 4.24. The summed E-state index contributed by atoms with van der Waals surface area (Å²) in [4.78, 5) is 0. The molecule has 0 bridgehead atoms. The topological polar surface area (TPSA) is 12.0 Å². The van der Waals surface area contributed by atoms with Gasteiger partial charge in [-0.3, -0.25) is 0 Å². The van der Waals surface area contributed by atoms with Crippen molar-refractivity contribution in [2.45, 2.75) is 39.7 Å². The van der Waals surface area contributed by atoms with Gasteiger partial charge in [-0.2, -0.15) is 0 Å². The van der Waals surface area contributed by atoms with Crippen molar-refractivity contribution in [2.24, 2.45) is 0 Å². The molecule has 1 unspecified atom stereocenters. The summed E-state index contributed by atoms with van der Waals surface area (Å²) in [6.45, 7) is 10.8. The first kappa shape index (κ1) is 25.4. The first-order valence-corrected chi connectivity index (χ1v) is 14.8. The number of rotatable bonds is 6. The highest BCUT2D eigenvalue weighted by molar-refractivity contribution is 6.25. The van der Waals surface area contributed by atoms with E-state index in [9.17, 15) is 0 Å². The lowest BCUT2D eigenvalue weighted by Crippen LogP contribution is -2.22. The standard InChI is InChI=1S/C40H35N/c1-5-25(3)13-14-27-17-22-36-37(24-33(6-2)41-40(36)26(27)4)32-12-8-11-31(23-32)34-20-18-30-16-15-28-9-7-10-29-19-21-35(34)39(30)38(28)29/h7-24,33,41H,3,5-6H2,1-2,4H3/b14-13-. The molecule has 0 amide bonds. The Morgan fingerprint density at radius 2 is 1.46 bits per heavy atom. The van der Waals surface area contributed by atoms with E-state index in [1.165, 1.54) is 77.0 Å². The van der Waals surface area contributed by atoms with Crippen LogP contribution in [-0.2, 0) is 0 Å². The largest absolute Gasteiger partial charge is 0.378 e. The van der Waals surface area contributed by atoms with Crippen molar-refractivity contribution in [1.82, 2.24) is 0 Å². The first-order valence-electron chi connectivity index (χ1n) is 14.8. The Morgan fingerprint density at radius 3 is 2.24 bits per heavy atom. The smallest absolute Gasteiger partial charge is 0.0460 e. The molecule has 0 spiro atoms. The molecule has 1 heterocycles. The fraction of sp³-hybridized carbons (Fsp3) is 0.150. The summed E-state index contributed by atoms with van der Waals surface area (Å²) < 4.78 is 0. The minimum absolute atomic E-state index is 0.291. The van der Waals surface area contributed by atoms with Gasteiger partial charge >= 0.3 is 0 Å². The summed E-state index contributed by atoms with van der Waals surface area (Å²) >= 11 is 0. The molecule has 1 atom stereocenters. The molecule has 200 valence electrons. The average Bonchev–Trinajstić information content (AvgIpc) is 3.02. The minimum Gasteiger partial charge on any atom is -0.378 e. The summed E-state index contributed by atoms with van der Waals surface area (Å²) in [7, 11) is 0. The Hall–Kier alpha value is -4.62. The maximum absolute atomic E-state index is 4.15. The number of hydrogen-bond donors (Lipinski definition) is 1. The van der Waals surface area contributed by atoms with E-state index < -0.39 is 0 Å². The predicted molar refractivity (Wildman–Crippen MR) is 180 cm³/mol. The number of allylic oxidation sites excluding steroid dienone is 2.